The first-order valence-electron chi connectivity index (χ1n) is 7.82. The minimum Gasteiger partial charge on any atom is -0.480 e. The highest BCUT2D eigenvalue weighted by atomic mass is 19.1. The molecule has 2 aromatic carbocycles. The number of halogens is 1. The van der Waals surface area contributed by atoms with E-state index in [0.29, 0.717) is 19.5 Å². The standard InChI is InChI=1S/C19H18FNO3/c1-12(22)15-7-4-8-16(17(15)20)18(19(23)24)21-10-9-13-5-2-3-6-14(13)11-21/h2-8,18H,9-11H2,1H3,(H,23,24)/t18-/m1/s1. The zero-order valence-corrected chi connectivity index (χ0v) is 13.3. The van der Waals surface area contributed by atoms with E-state index in [-0.39, 0.29) is 11.1 Å². The molecule has 24 heavy (non-hydrogen) atoms. The summed E-state index contributed by atoms with van der Waals surface area (Å²) >= 11 is 0. The molecule has 0 saturated carbocycles. The molecule has 5 heteroatoms. The summed E-state index contributed by atoms with van der Waals surface area (Å²) in [6, 6.07) is 11.1. The molecule has 4 nitrogen and oxygen atoms in total. The Kier molecular flexibility index (Phi) is 4.44. The van der Waals surface area contributed by atoms with Crippen LogP contribution in [0.25, 0.3) is 0 Å². The van der Waals surface area contributed by atoms with E-state index in [0.717, 1.165) is 5.56 Å². The lowest BCUT2D eigenvalue weighted by Gasteiger charge is -2.33. The van der Waals surface area contributed by atoms with E-state index in [1.54, 1.807) is 4.90 Å². The SMILES string of the molecule is CC(=O)c1cccc([C@H](C(=O)O)N2CCc3ccccc3C2)c1F. The summed E-state index contributed by atoms with van der Waals surface area (Å²) in [7, 11) is 0. The highest BCUT2D eigenvalue weighted by molar-refractivity contribution is 5.94. The summed E-state index contributed by atoms with van der Waals surface area (Å²) in [6.07, 6.45) is 0.716. The van der Waals surface area contributed by atoms with Crippen LogP contribution >= 0.6 is 0 Å². The van der Waals surface area contributed by atoms with Gasteiger partial charge < -0.3 is 5.11 Å². The van der Waals surface area contributed by atoms with Crippen molar-refractivity contribution in [3.8, 4) is 0 Å². The van der Waals surface area contributed by atoms with E-state index < -0.39 is 23.6 Å². The van der Waals surface area contributed by atoms with Crippen molar-refractivity contribution in [2.75, 3.05) is 6.54 Å². The number of carbonyl (C=O) groups excluding carboxylic acids is 1. The fourth-order valence-corrected chi connectivity index (χ4v) is 3.26. The molecule has 124 valence electrons. The second-order valence-corrected chi connectivity index (χ2v) is 5.99. The summed E-state index contributed by atoms with van der Waals surface area (Å²) in [6.45, 7) is 2.24. The number of hydrogen-bond donors (Lipinski definition) is 1. The Morgan fingerprint density at radius 1 is 1.12 bits per heavy atom. The molecule has 0 saturated heterocycles. The van der Waals surface area contributed by atoms with E-state index >= 15 is 0 Å². The summed E-state index contributed by atoms with van der Waals surface area (Å²) in [5.74, 6) is -2.27. The average molecular weight is 327 g/mol. The molecular formula is C19H18FNO3. The van der Waals surface area contributed by atoms with Gasteiger partial charge in [0.2, 0.25) is 0 Å². The van der Waals surface area contributed by atoms with Gasteiger partial charge in [0.25, 0.3) is 0 Å². The quantitative estimate of drug-likeness (QED) is 0.876. The molecule has 0 bridgehead atoms. The first-order valence-corrected chi connectivity index (χ1v) is 7.82. The number of carboxylic acid groups (broad SMARTS) is 1. The largest absolute Gasteiger partial charge is 0.480 e. The average Bonchev–Trinajstić information content (AvgIpc) is 2.56. The number of nitrogens with zero attached hydrogens (tertiary/aromatic N) is 1. The van der Waals surface area contributed by atoms with Crippen molar-refractivity contribution < 1.29 is 19.1 Å². The molecule has 1 N–H and O–H groups in total. The molecule has 0 amide bonds. The maximum absolute atomic E-state index is 14.7. The number of aliphatic carboxylic acids is 1. The Morgan fingerprint density at radius 2 is 1.83 bits per heavy atom. The van der Waals surface area contributed by atoms with E-state index in [2.05, 4.69) is 0 Å². The first kappa shape index (κ1) is 16.3. The van der Waals surface area contributed by atoms with Crippen LogP contribution in [0.5, 0.6) is 0 Å². The Hall–Kier alpha value is -2.53. The number of carbonyl (C=O) groups is 2. The summed E-state index contributed by atoms with van der Waals surface area (Å²) in [4.78, 5) is 25.1. The maximum atomic E-state index is 14.7. The molecule has 1 aliphatic heterocycles. The maximum Gasteiger partial charge on any atom is 0.325 e. The number of benzene rings is 2. The Balaban J connectivity index is 1.99. The molecular weight excluding hydrogens is 309 g/mol. The highest BCUT2D eigenvalue weighted by Crippen LogP contribution is 2.30. The summed E-state index contributed by atoms with van der Waals surface area (Å²) in [5.41, 5.74) is 2.21. The topological polar surface area (TPSA) is 57.6 Å². The van der Waals surface area contributed by atoms with Gasteiger partial charge in [0.15, 0.2) is 5.78 Å². The molecule has 1 aliphatic rings. The number of carboxylic acids is 1. The summed E-state index contributed by atoms with van der Waals surface area (Å²) < 4.78 is 14.7. The van der Waals surface area contributed by atoms with Gasteiger partial charge in [0, 0.05) is 18.7 Å². The van der Waals surface area contributed by atoms with Crippen LogP contribution in [-0.4, -0.2) is 28.3 Å². The number of rotatable bonds is 4. The molecule has 3 rings (SSSR count). The summed E-state index contributed by atoms with van der Waals surface area (Å²) in [5, 5.41) is 9.69. The predicted octanol–water partition coefficient (Wildman–Crippen LogP) is 3.21. The lowest BCUT2D eigenvalue weighted by atomic mass is 9.95. The Bertz CT molecular complexity index is 803. The third kappa shape index (κ3) is 2.95. The third-order valence-electron chi connectivity index (χ3n) is 4.46. The van der Waals surface area contributed by atoms with Crippen molar-refractivity contribution in [1.82, 2.24) is 4.90 Å². The zero-order valence-electron chi connectivity index (χ0n) is 13.3. The van der Waals surface area contributed by atoms with Gasteiger partial charge in [0.05, 0.1) is 5.56 Å². The van der Waals surface area contributed by atoms with Gasteiger partial charge in [-0.05, 0) is 30.5 Å². The van der Waals surface area contributed by atoms with E-state index in [9.17, 15) is 19.1 Å². The first-order chi connectivity index (χ1) is 11.5. The van der Waals surface area contributed by atoms with Crippen LogP contribution in [0.4, 0.5) is 4.39 Å². The van der Waals surface area contributed by atoms with Crippen LogP contribution in [0.3, 0.4) is 0 Å². The predicted molar refractivity (Wildman–Crippen MR) is 87.3 cm³/mol. The second kappa shape index (κ2) is 6.53. The Morgan fingerprint density at radius 3 is 2.50 bits per heavy atom. The highest BCUT2D eigenvalue weighted by Gasteiger charge is 2.33. The van der Waals surface area contributed by atoms with Gasteiger partial charge in [-0.25, -0.2) is 4.39 Å². The van der Waals surface area contributed by atoms with Crippen molar-refractivity contribution in [3.05, 3.63) is 70.5 Å². The zero-order chi connectivity index (χ0) is 17.3. The fourth-order valence-electron chi connectivity index (χ4n) is 3.26. The van der Waals surface area contributed by atoms with Crippen LogP contribution in [0.15, 0.2) is 42.5 Å². The molecule has 2 aromatic rings. The van der Waals surface area contributed by atoms with Gasteiger partial charge >= 0.3 is 5.97 Å². The van der Waals surface area contributed by atoms with Crippen LogP contribution in [0, 0.1) is 5.82 Å². The third-order valence-corrected chi connectivity index (χ3v) is 4.46. The lowest BCUT2D eigenvalue weighted by Crippen LogP contribution is -2.38. The van der Waals surface area contributed by atoms with Crippen LogP contribution in [-0.2, 0) is 17.8 Å². The number of Topliss-reactive ketones (excluding diaryl/α,β-unsaturated/α-hetero) is 1. The minimum absolute atomic E-state index is 0.0366. The normalized spacial score (nSPS) is 15.6. The molecule has 0 aliphatic carbocycles. The fraction of sp³-hybridized carbons (Fsp3) is 0.263. The van der Waals surface area contributed by atoms with Crippen LogP contribution < -0.4 is 0 Å². The van der Waals surface area contributed by atoms with Crippen molar-refractivity contribution in [1.29, 1.82) is 0 Å². The van der Waals surface area contributed by atoms with E-state index in [1.165, 1.54) is 30.7 Å². The molecule has 0 unspecified atom stereocenters. The lowest BCUT2D eigenvalue weighted by molar-refractivity contribution is -0.144. The smallest absolute Gasteiger partial charge is 0.325 e. The molecule has 1 heterocycles. The molecule has 0 spiro atoms. The Labute approximate surface area is 139 Å². The van der Waals surface area contributed by atoms with Gasteiger partial charge in [-0.3, -0.25) is 14.5 Å². The van der Waals surface area contributed by atoms with E-state index in [4.69, 9.17) is 0 Å². The van der Waals surface area contributed by atoms with Gasteiger partial charge in [-0.1, -0.05) is 36.4 Å². The number of hydrogen-bond acceptors (Lipinski definition) is 3. The number of ketones is 1. The van der Waals surface area contributed by atoms with Crippen molar-refractivity contribution >= 4 is 11.8 Å². The monoisotopic (exact) mass is 327 g/mol. The number of fused-ring (bicyclic) bond motifs is 1. The second-order valence-electron chi connectivity index (χ2n) is 5.99. The van der Waals surface area contributed by atoms with Crippen molar-refractivity contribution in [2.24, 2.45) is 0 Å². The molecule has 0 fully saturated rings. The molecule has 0 radical (unpaired) electrons. The van der Waals surface area contributed by atoms with Gasteiger partial charge in [0.1, 0.15) is 11.9 Å². The minimum atomic E-state index is -1.12. The van der Waals surface area contributed by atoms with Crippen molar-refractivity contribution in [2.45, 2.75) is 25.9 Å². The van der Waals surface area contributed by atoms with E-state index in [1.807, 2.05) is 24.3 Å². The molecule has 0 aromatic heterocycles. The van der Waals surface area contributed by atoms with Crippen LogP contribution in [0.1, 0.15) is 40.0 Å². The molecule has 1 atom stereocenters. The van der Waals surface area contributed by atoms with Crippen molar-refractivity contribution in [3.63, 3.8) is 0 Å². The van der Waals surface area contributed by atoms with Gasteiger partial charge in [-0.15, -0.1) is 0 Å². The van der Waals surface area contributed by atoms with Gasteiger partial charge in [-0.2, -0.15) is 0 Å². The van der Waals surface area contributed by atoms with Crippen LogP contribution in [0.2, 0.25) is 0 Å².